The summed E-state index contributed by atoms with van der Waals surface area (Å²) in [5.74, 6) is 0.405. The van der Waals surface area contributed by atoms with Crippen molar-refractivity contribution in [2.45, 2.75) is 50.9 Å². The highest BCUT2D eigenvalue weighted by atomic mass is 16.5. The number of carbonyl (C=O) groups is 1. The van der Waals surface area contributed by atoms with E-state index >= 15 is 0 Å². The first-order valence-electron chi connectivity index (χ1n) is 9.66. The van der Waals surface area contributed by atoms with Crippen molar-refractivity contribution < 1.29 is 19.0 Å². The molecule has 0 aliphatic carbocycles. The molecule has 0 saturated carbocycles. The molecule has 0 radical (unpaired) electrons. The lowest BCUT2D eigenvalue weighted by Crippen LogP contribution is -2.68. The molecule has 3 aliphatic rings. The van der Waals surface area contributed by atoms with Crippen molar-refractivity contribution >= 4 is 5.91 Å². The van der Waals surface area contributed by atoms with Crippen LogP contribution in [0.5, 0.6) is 0 Å². The van der Waals surface area contributed by atoms with Crippen LogP contribution in [0.4, 0.5) is 0 Å². The quantitative estimate of drug-likeness (QED) is 0.823. The highest BCUT2D eigenvalue weighted by Crippen LogP contribution is 2.37. The summed E-state index contributed by atoms with van der Waals surface area (Å²) in [5, 5.41) is 0. The Morgan fingerprint density at radius 1 is 1.27 bits per heavy atom. The van der Waals surface area contributed by atoms with Crippen molar-refractivity contribution in [3.63, 3.8) is 0 Å². The van der Waals surface area contributed by atoms with Gasteiger partial charge in [0, 0.05) is 44.6 Å². The maximum atomic E-state index is 12.6. The van der Waals surface area contributed by atoms with Crippen LogP contribution < -0.4 is 0 Å². The molecule has 0 aromatic carbocycles. The van der Waals surface area contributed by atoms with E-state index in [0.29, 0.717) is 39.5 Å². The molecule has 142 valence electrons. The summed E-state index contributed by atoms with van der Waals surface area (Å²) in [6, 6.07) is 2.11. The fourth-order valence-electron chi connectivity index (χ4n) is 4.26. The fraction of sp³-hybridized carbons (Fsp3) is 0.700. The Kier molecular flexibility index (Phi) is 5.25. The molecule has 3 fully saturated rings. The van der Waals surface area contributed by atoms with Crippen LogP contribution >= 0.6 is 0 Å². The summed E-state index contributed by atoms with van der Waals surface area (Å²) in [6.07, 6.45) is 7.37. The SMILES string of the molecule is Cc1cncc(COC2CCOC3(C2)CN(C(=O)C2CCOCC2)C3)c1. The van der Waals surface area contributed by atoms with Crippen molar-refractivity contribution in [1.82, 2.24) is 9.88 Å². The minimum absolute atomic E-state index is 0.130. The largest absolute Gasteiger partial charge is 0.381 e. The molecule has 1 spiro atoms. The third kappa shape index (κ3) is 3.92. The second-order valence-electron chi connectivity index (χ2n) is 7.91. The molecule has 1 aromatic rings. The molecule has 3 aliphatic heterocycles. The van der Waals surface area contributed by atoms with Gasteiger partial charge in [-0.1, -0.05) is 6.07 Å². The van der Waals surface area contributed by atoms with Gasteiger partial charge in [0.15, 0.2) is 0 Å². The van der Waals surface area contributed by atoms with Gasteiger partial charge >= 0.3 is 0 Å². The zero-order chi connectivity index (χ0) is 18.0. The van der Waals surface area contributed by atoms with E-state index in [-0.39, 0.29) is 23.5 Å². The molecule has 4 heterocycles. The fourth-order valence-corrected chi connectivity index (χ4v) is 4.26. The lowest BCUT2D eigenvalue weighted by molar-refractivity contribution is -0.205. The van der Waals surface area contributed by atoms with Gasteiger partial charge in [0.2, 0.25) is 5.91 Å². The molecule has 1 unspecified atom stereocenters. The van der Waals surface area contributed by atoms with E-state index in [1.54, 1.807) is 0 Å². The average Bonchev–Trinajstić information content (AvgIpc) is 2.65. The van der Waals surface area contributed by atoms with E-state index in [1.807, 2.05) is 24.2 Å². The lowest BCUT2D eigenvalue weighted by Gasteiger charge is -2.53. The van der Waals surface area contributed by atoms with Gasteiger partial charge in [-0.3, -0.25) is 9.78 Å². The van der Waals surface area contributed by atoms with Gasteiger partial charge in [0.1, 0.15) is 5.60 Å². The Bertz CT molecular complexity index is 638. The van der Waals surface area contributed by atoms with Crippen molar-refractivity contribution in [2.75, 3.05) is 32.9 Å². The second-order valence-corrected chi connectivity index (χ2v) is 7.91. The molecule has 1 atom stereocenters. The number of amides is 1. The number of aromatic nitrogens is 1. The van der Waals surface area contributed by atoms with Crippen molar-refractivity contribution in [1.29, 1.82) is 0 Å². The zero-order valence-electron chi connectivity index (χ0n) is 15.5. The van der Waals surface area contributed by atoms with E-state index in [1.165, 1.54) is 0 Å². The van der Waals surface area contributed by atoms with Crippen LogP contribution in [0.3, 0.4) is 0 Å². The van der Waals surface area contributed by atoms with Crippen molar-refractivity contribution in [2.24, 2.45) is 5.92 Å². The van der Waals surface area contributed by atoms with Crippen LogP contribution in [-0.2, 0) is 25.6 Å². The third-order valence-electron chi connectivity index (χ3n) is 5.71. The van der Waals surface area contributed by atoms with E-state index in [9.17, 15) is 4.79 Å². The molecule has 26 heavy (non-hydrogen) atoms. The molecule has 6 heteroatoms. The summed E-state index contributed by atoms with van der Waals surface area (Å²) < 4.78 is 17.5. The van der Waals surface area contributed by atoms with Gasteiger partial charge in [0.05, 0.1) is 25.8 Å². The normalized spacial score (nSPS) is 25.9. The number of hydrogen-bond donors (Lipinski definition) is 0. The highest BCUT2D eigenvalue weighted by molar-refractivity contribution is 5.80. The van der Waals surface area contributed by atoms with Crippen LogP contribution in [0.1, 0.15) is 36.8 Å². The third-order valence-corrected chi connectivity index (χ3v) is 5.71. The Labute approximate surface area is 154 Å². The maximum Gasteiger partial charge on any atom is 0.226 e. The van der Waals surface area contributed by atoms with Crippen LogP contribution in [0, 0.1) is 12.8 Å². The molecule has 0 bridgehead atoms. The first-order chi connectivity index (χ1) is 12.6. The summed E-state index contributed by atoms with van der Waals surface area (Å²) in [5.41, 5.74) is 2.06. The van der Waals surface area contributed by atoms with Crippen molar-refractivity contribution in [3.8, 4) is 0 Å². The van der Waals surface area contributed by atoms with Gasteiger partial charge in [-0.05, 0) is 37.3 Å². The molecule has 4 rings (SSSR count). The maximum absolute atomic E-state index is 12.6. The lowest BCUT2D eigenvalue weighted by atomic mass is 9.83. The topological polar surface area (TPSA) is 60.9 Å². The van der Waals surface area contributed by atoms with Gasteiger partial charge in [-0.15, -0.1) is 0 Å². The molecule has 3 saturated heterocycles. The van der Waals surface area contributed by atoms with E-state index < -0.39 is 0 Å². The minimum Gasteiger partial charge on any atom is -0.381 e. The molecule has 6 nitrogen and oxygen atoms in total. The number of aryl methyl sites for hydroxylation is 1. The number of nitrogens with zero attached hydrogens (tertiary/aromatic N) is 2. The number of pyridine rings is 1. The van der Waals surface area contributed by atoms with E-state index in [4.69, 9.17) is 14.2 Å². The minimum atomic E-state index is -0.200. The highest BCUT2D eigenvalue weighted by Gasteiger charge is 2.50. The number of hydrogen-bond acceptors (Lipinski definition) is 5. The molecule has 0 N–H and O–H groups in total. The first kappa shape index (κ1) is 17.9. The van der Waals surface area contributed by atoms with Crippen LogP contribution in [0.25, 0.3) is 0 Å². The van der Waals surface area contributed by atoms with Crippen LogP contribution in [0.2, 0.25) is 0 Å². The second kappa shape index (κ2) is 7.62. The number of ether oxygens (including phenoxy) is 3. The van der Waals surface area contributed by atoms with Gasteiger partial charge in [-0.25, -0.2) is 0 Å². The van der Waals surface area contributed by atoms with Crippen LogP contribution in [-0.4, -0.2) is 60.4 Å². The molecular formula is C20H28N2O4. The Balaban J connectivity index is 1.27. The van der Waals surface area contributed by atoms with E-state index in [2.05, 4.69) is 11.1 Å². The average molecular weight is 360 g/mol. The predicted octanol–water partition coefficient (Wildman–Crippen LogP) is 2.09. The molecule has 1 aromatic heterocycles. The Morgan fingerprint density at radius 3 is 2.85 bits per heavy atom. The molecule has 1 amide bonds. The molecular weight excluding hydrogens is 332 g/mol. The number of carbonyl (C=O) groups excluding carboxylic acids is 1. The zero-order valence-corrected chi connectivity index (χ0v) is 15.5. The number of rotatable bonds is 4. The Morgan fingerprint density at radius 2 is 2.08 bits per heavy atom. The standard InChI is InChI=1S/C20H28N2O4/c1-15-8-16(11-21-10-15)12-25-18-4-7-26-20(9-18)13-22(14-20)19(23)17-2-5-24-6-3-17/h8,10-11,17-18H,2-7,9,12-14H2,1H3. The Hall–Kier alpha value is -1.50. The summed E-state index contributed by atoms with van der Waals surface area (Å²) in [6.45, 7) is 6.14. The van der Waals surface area contributed by atoms with Gasteiger partial charge in [-0.2, -0.15) is 0 Å². The van der Waals surface area contributed by atoms with Crippen LogP contribution in [0.15, 0.2) is 18.5 Å². The van der Waals surface area contributed by atoms with E-state index in [0.717, 1.165) is 36.8 Å². The summed E-state index contributed by atoms with van der Waals surface area (Å²) in [7, 11) is 0. The first-order valence-corrected chi connectivity index (χ1v) is 9.66. The number of likely N-dealkylation sites (tertiary alicyclic amines) is 1. The van der Waals surface area contributed by atoms with Gasteiger partial charge < -0.3 is 19.1 Å². The predicted molar refractivity (Wildman–Crippen MR) is 95.6 cm³/mol. The van der Waals surface area contributed by atoms with Gasteiger partial charge in [0.25, 0.3) is 0 Å². The monoisotopic (exact) mass is 360 g/mol. The summed E-state index contributed by atoms with van der Waals surface area (Å²) >= 11 is 0. The smallest absolute Gasteiger partial charge is 0.226 e. The summed E-state index contributed by atoms with van der Waals surface area (Å²) in [4.78, 5) is 18.8. The van der Waals surface area contributed by atoms with Crippen molar-refractivity contribution in [3.05, 3.63) is 29.6 Å².